The van der Waals surface area contributed by atoms with E-state index in [9.17, 15) is 4.79 Å². The molecule has 1 fully saturated rings. The summed E-state index contributed by atoms with van der Waals surface area (Å²) in [5.74, 6) is -1.18. The van der Waals surface area contributed by atoms with Gasteiger partial charge in [-0.05, 0) is 19.4 Å². The smallest absolute Gasteiger partial charge is 0.311 e. The molecule has 1 aliphatic rings. The molecule has 18 heavy (non-hydrogen) atoms. The van der Waals surface area contributed by atoms with E-state index in [-0.39, 0.29) is 18.5 Å². The monoisotopic (exact) mass is 250 g/mol. The molecule has 0 aliphatic carbocycles. The van der Waals surface area contributed by atoms with Gasteiger partial charge in [-0.15, -0.1) is 0 Å². The molecule has 0 amide bonds. The van der Waals surface area contributed by atoms with Gasteiger partial charge in [0.1, 0.15) is 6.10 Å². The first-order valence-electron chi connectivity index (χ1n) is 6.15. The maximum Gasteiger partial charge on any atom is 0.311 e. The van der Waals surface area contributed by atoms with Crippen LogP contribution in [-0.4, -0.2) is 25.0 Å². The zero-order chi connectivity index (χ0) is 13.0. The molecule has 0 bridgehead atoms. The van der Waals surface area contributed by atoms with Crippen molar-refractivity contribution in [3.8, 4) is 0 Å². The van der Waals surface area contributed by atoms with Gasteiger partial charge in [0.15, 0.2) is 5.79 Å². The number of benzene rings is 1. The average molecular weight is 250 g/mol. The Morgan fingerprint density at radius 2 is 2.17 bits per heavy atom. The van der Waals surface area contributed by atoms with Crippen LogP contribution in [0, 0.1) is 0 Å². The number of ether oxygens (including phenoxy) is 3. The topological polar surface area (TPSA) is 44.8 Å². The van der Waals surface area contributed by atoms with E-state index < -0.39 is 5.79 Å². The van der Waals surface area contributed by atoms with Crippen molar-refractivity contribution in [3.63, 3.8) is 0 Å². The van der Waals surface area contributed by atoms with Crippen molar-refractivity contribution in [2.75, 3.05) is 13.2 Å². The van der Waals surface area contributed by atoms with Crippen LogP contribution in [0.15, 0.2) is 30.3 Å². The standard InChI is InChI=1S/C14H18O4/c1-3-16-13(15)9-14(2)17-10-12(18-14)11-7-5-4-6-8-11/h4-8,12H,3,9-10H2,1-2H3. The van der Waals surface area contributed by atoms with Crippen LogP contribution < -0.4 is 0 Å². The minimum absolute atomic E-state index is 0.115. The SMILES string of the molecule is CCOC(=O)CC1(C)OCC(c2ccccc2)O1. The molecule has 98 valence electrons. The fourth-order valence-electron chi connectivity index (χ4n) is 2.02. The lowest BCUT2D eigenvalue weighted by molar-refractivity contribution is -0.180. The second-order valence-electron chi connectivity index (χ2n) is 4.44. The first-order valence-corrected chi connectivity index (χ1v) is 6.15. The summed E-state index contributed by atoms with van der Waals surface area (Å²) in [5, 5.41) is 0. The van der Waals surface area contributed by atoms with Gasteiger partial charge in [-0.25, -0.2) is 0 Å². The molecular weight excluding hydrogens is 232 g/mol. The molecule has 0 saturated carbocycles. The van der Waals surface area contributed by atoms with Crippen molar-refractivity contribution < 1.29 is 19.0 Å². The highest BCUT2D eigenvalue weighted by Crippen LogP contribution is 2.35. The predicted molar refractivity (Wildman–Crippen MR) is 65.9 cm³/mol. The van der Waals surface area contributed by atoms with Crippen molar-refractivity contribution in [2.45, 2.75) is 32.2 Å². The molecule has 1 aromatic carbocycles. The van der Waals surface area contributed by atoms with Gasteiger partial charge >= 0.3 is 5.97 Å². The van der Waals surface area contributed by atoms with Crippen molar-refractivity contribution in [1.29, 1.82) is 0 Å². The maximum atomic E-state index is 11.5. The van der Waals surface area contributed by atoms with Gasteiger partial charge in [-0.1, -0.05) is 30.3 Å². The third kappa shape index (κ3) is 3.09. The maximum absolute atomic E-state index is 11.5. The Morgan fingerprint density at radius 3 is 2.83 bits per heavy atom. The summed E-state index contributed by atoms with van der Waals surface area (Å²) in [4.78, 5) is 11.5. The zero-order valence-electron chi connectivity index (χ0n) is 10.7. The number of carbonyl (C=O) groups is 1. The van der Waals surface area contributed by atoms with Crippen molar-refractivity contribution >= 4 is 5.97 Å². The lowest BCUT2D eigenvalue weighted by atomic mass is 10.1. The lowest BCUT2D eigenvalue weighted by Gasteiger charge is -2.22. The number of carbonyl (C=O) groups excluding carboxylic acids is 1. The van der Waals surface area contributed by atoms with Gasteiger partial charge in [0.2, 0.25) is 0 Å². The molecule has 2 unspecified atom stereocenters. The summed E-state index contributed by atoms with van der Waals surface area (Å²) >= 11 is 0. The molecule has 4 heteroatoms. The van der Waals surface area contributed by atoms with Crippen LogP contribution in [-0.2, 0) is 19.0 Å². The molecule has 0 N–H and O–H groups in total. The van der Waals surface area contributed by atoms with E-state index in [1.54, 1.807) is 13.8 Å². The van der Waals surface area contributed by atoms with Crippen molar-refractivity contribution in [1.82, 2.24) is 0 Å². The van der Waals surface area contributed by atoms with E-state index in [1.807, 2.05) is 30.3 Å². The Labute approximate surface area is 107 Å². The minimum atomic E-state index is -0.882. The third-order valence-corrected chi connectivity index (χ3v) is 2.87. The lowest BCUT2D eigenvalue weighted by Crippen LogP contribution is -2.30. The van der Waals surface area contributed by atoms with E-state index in [0.717, 1.165) is 5.56 Å². The Bertz CT molecular complexity index is 404. The molecule has 1 aromatic rings. The summed E-state index contributed by atoms with van der Waals surface area (Å²) in [5.41, 5.74) is 1.06. The summed E-state index contributed by atoms with van der Waals surface area (Å²) in [7, 11) is 0. The number of hydrogen-bond donors (Lipinski definition) is 0. The Balaban J connectivity index is 1.97. The third-order valence-electron chi connectivity index (χ3n) is 2.87. The quantitative estimate of drug-likeness (QED) is 0.770. The predicted octanol–water partition coefficient (Wildman–Crippen LogP) is 2.44. The van der Waals surface area contributed by atoms with Gasteiger partial charge in [0, 0.05) is 0 Å². The molecular formula is C14H18O4. The van der Waals surface area contributed by atoms with Crippen LogP contribution in [0.1, 0.15) is 31.9 Å². The molecule has 1 aliphatic heterocycles. The normalized spacial score (nSPS) is 27.1. The Morgan fingerprint density at radius 1 is 1.44 bits per heavy atom. The van der Waals surface area contributed by atoms with Gasteiger partial charge in [0.25, 0.3) is 0 Å². The molecule has 1 heterocycles. The van der Waals surface area contributed by atoms with Gasteiger partial charge in [0.05, 0.1) is 19.6 Å². The van der Waals surface area contributed by atoms with Crippen LogP contribution in [0.2, 0.25) is 0 Å². The Hall–Kier alpha value is -1.39. The number of rotatable bonds is 4. The molecule has 1 saturated heterocycles. The van der Waals surface area contributed by atoms with E-state index in [1.165, 1.54) is 0 Å². The summed E-state index contributed by atoms with van der Waals surface area (Å²) in [6.07, 6.45) is -0.00454. The fourth-order valence-corrected chi connectivity index (χ4v) is 2.02. The van der Waals surface area contributed by atoms with E-state index in [0.29, 0.717) is 13.2 Å². The molecule has 0 spiro atoms. The molecule has 0 aromatic heterocycles. The summed E-state index contributed by atoms with van der Waals surface area (Å²) < 4.78 is 16.3. The number of hydrogen-bond acceptors (Lipinski definition) is 4. The second kappa shape index (κ2) is 5.50. The Kier molecular flexibility index (Phi) is 3.99. The van der Waals surface area contributed by atoms with Gasteiger partial charge < -0.3 is 14.2 Å². The summed E-state index contributed by atoms with van der Waals surface area (Å²) in [6.45, 7) is 4.38. The van der Waals surface area contributed by atoms with Crippen molar-refractivity contribution in [3.05, 3.63) is 35.9 Å². The highest BCUT2D eigenvalue weighted by atomic mass is 16.7. The largest absolute Gasteiger partial charge is 0.466 e. The zero-order valence-corrected chi connectivity index (χ0v) is 10.7. The number of esters is 1. The first-order chi connectivity index (χ1) is 8.63. The molecule has 2 atom stereocenters. The molecule has 0 radical (unpaired) electrons. The van der Waals surface area contributed by atoms with Crippen LogP contribution >= 0.6 is 0 Å². The highest BCUT2D eigenvalue weighted by Gasteiger charge is 2.40. The van der Waals surface area contributed by atoms with Crippen molar-refractivity contribution in [2.24, 2.45) is 0 Å². The average Bonchev–Trinajstić information content (AvgIpc) is 2.73. The van der Waals surface area contributed by atoms with Crippen LogP contribution in [0.5, 0.6) is 0 Å². The van der Waals surface area contributed by atoms with Crippen LogP contribution in [0.3, 0.4) is 0 Å². The first kappa shape index (κ1) is 13.1. The minimum Gasteiger partial charge on any atom is -0.466 e. The van der Waals surface area contributed by atoms with Crippen LogP contribution in [0.25, 0.3) is 0 Å². The van der Waals surface area contributed by atoms with Gasteiger partial charge in [-0.2, -0.15) is 0 Å². The fraction of sp³-hybridized carbons (Fsp3) is 0.500. The summed E-state index contributed by atoms with van der Waals surface area (Å²) in [6, 6.07) is 9.85. The molecule has 2 rings (SSSR count). The highest BCUT2D eigenvalue weighted by molar-refractivity contribution is 5.70. The van der Waals surface area contributed by atoms with E-state index in [2.05, 4.69) is 0 Å². The van der Waals surface area contributed by atoms with E-state index in [4.69, 9.17) is 14.2 Å². The molecule has 4 nitrogen and oxygen atoms in total. The van der Waals surface area contributed by atoms with Gasteiger partial charge in [-0.3, -0.25) is 4.79 Å². The van der Waals surface area contributed by atoms with Crippen LogP contribution in [0.4, 0.5) is 0 Å². The second-order valence-corrected chi connectivity index (χ2v) is 4.44. The van der Waals surface area contributed by atoms with E-state index >= 15 is 0 Å².